The van der Waals surface area contributed by atoms with Crippen LogP contribution in [0.25, 0.3) is 0 Å². The van der Waals surface area contributed by atoms with Gasteiger partial charge in [0, 0.05) is 30.9 Å². The molecule has 1 saturated heterocycles. The first-order valence-electron chi connectivity index (χ1n) is 9.14. The van der Waals surface area contributed by atoms with Crippen LogP contribution in [0.1, 0.15) is 5.69 Å². The summed E-state index contributed by atoms with van der Waals surface area (Å²) in [5, 5.41) is 4.26. The first kappa shape index (κ1) is 21.4. The van der Waals surface area contributed by atoms with Gasteiger partial charge in [-0.05, 0) is 31.3 Å². The van der Waals surface area contributed by atoms with Crippen LogP contribution >= 0.6 is 23.8 Å². The fraction of sp³-hybridized carbons (Fsp3) is 0.400. The number of benzene rings is 1. The number of nitrogens with zero attached hydrogens (tertiary/aromatic N) is 2. The molecule has 1 aromatic carbocycles. The minimum atomic E-state index is -0.105. The number of rotatable bonds is 6. The summed E-state index contributed by atoms with van der Waals surface area (Å²) in [6, 6.07) is 7.27. The number of methoxy groups -OCH3 is 2. The lowest BCUT2D eigenvalue weighted by Crippen LogP contribution is -2.49. The number of morpholine rings is 1. The molecule has 0 amide bonds. The monoisotopic (exact) mass is 437 g/mol. The van der Waals surface area contributed by atoms with Gasteiger partial charge in [0.25, 0.3) is 0 Å². The Hall–Kier alpha value is -2.29. The maximum atomic E-state index is 6.17. The van der Waals surface area contributed by atoms with E-state index in [1.807, 2.05) is 24.0 Å². The minimum Gasteiger partial charge on any atom is -0.495 e. The molecule has 156 valence electrons. The highest BCUT2D eigenvalue weighted by molar-refractivity contribution is 7.80. The molecule has 1 aromatic heterocycles. The highest BCUT2D eigenvalue weighted by Crippen LogP contribution is 2.36. The molecule has 1 aliphatic rings. The highest BCUT2D eigenvalue weighted by atomic mass is 35.5. The summed E-state index contributed by atoms with van der Waals surface area (Å²) in [6.07, 6.45) is 1.61. The second kappa shape index (κ2) is 9.96. The summed E-state index contributed by atoms with van der Waals surface area (Å²) in [7, 11) is 3.14. The third kappa shape index (κ3) is 5.62. The number of thiocarbonyl (C=S) groups is 1. The zero-order valence-electron chi connectivity index (χ0n) is 16.6. The van der Waals surface area contributed by atoms with Crippen molar-refractivity contribution in [2.75, 3.05) is 45.8 Å². The van der Waals surface area contributed by atoms with Crippen molar-refractivity contribution < 1.29 is 18.9 Å². The topological polar surface area (TPSA) is 65.1 Å². The largest absolute Gasteiger partial charge is 0.495 e. The normalized spacial score (nSPS) is 16.3. The van der Waals surface area contributed by atoms with Crippen LogP contribution in [0.3, 0.4) is 0 Å². The molecule has 0 spiro atoms. The van der Waals surface area contributed by atoms with Crippen molar-refractivity contribution in [3.8, 4) is 17.2 Å². The van der Waals surface area contributed by atoms with Crippen molar-refractivity contribution in [2.45, 2.75) is 13.0 Å². The Bertz CT molecular complexity index is 850. The second-order valence-corrected chi connectivity index (χ2v) is 7.30. The number of nitrogens with one attached hydrogen (secondary N) is 1. The molecular weight excluding hydrogens is 414 g/mol. The van der Waals surface area contributed by atoms with Crippen LogP contribution in [0.15, 0.2) is 30.5 Å². The van der Waals surface area contributed by atoms with Crippen molar-refractivity contribution in [1.29, 1.82) is 0 Å². The molecule has 7 nitrogen and oxygen atoms in total. The Balaban J connectivity index is 1.60. The summed E-state index contributed by atoms with van der Waals surface area (Å²) in [5.74, 6) is 1.84. The fourth-order valence-electron chi connectivity index (χ4n) is 2.89. The van der Waals surface area contributed by atoms with Crippen LogP contribution in [0.5, 0.6) is 17.2 Å². The van der Waals surface area contributed by atoms with Gasteiger partial charge in [0.15, 0.2) is 5.11 Å². The van der Waals surface area contributed by atoms with E-state index in [9.17, 15) is 0 Å². The Labute approximate surface area is 180 Å². The van der Waals surface area contributed by atoms with E-state index in [1.54, 1.807) is 32.5 Å². The van der Waals surface area contributed by atoms with E-state index in [2.05, 4.69) is 10.3 Å². The molecule has 1 atom stereocenters. The third-order valence-electron chi connectivity index (χ3n) is 4.46. The molecule has 29 heavy (non-hydrogen) atoms. The third-order valence-corrected chi connectivity index (χ3v) is 5.12. The number of aryl methyl sites for hydroxylation is 1. The zero-order valence-corrected chi connectivity index (χ0v) is 18.2. The van der Waals surface area contributed by atoms with Crippen LogP contribution < -0.4 is 19.5 Å². The molecule has 2 heterocycles. The van der Waals surface area contributed by atoms with E-state index in [4.69, 9.17) is 42.8 Å². The number of hydrogen-bond donors (Lipinski definition) is 1. The predicted molar refractivity (Wildman–Crippen MR) is 117 cm³/mol. The number of aromatic nitrogens is 1. The molecule has 3 rings (SSSR count). The van der Waals surface area contributed by atoms with Gasteiger partial charge in [-0.15, -0.1) is 0 Å². The van der Waals surface area contributed by atoms with E-state index in [0.29, 0.717) is 53.6 Å². The Kier molecular flexibility index (Phi) is 7.35. The summed E-state index contributed by atoms with van der Waals surface area (Å²) in [4.78, 5) is 6.27. The maximum absolute atomic E-state index is 6.17. The Morgan fingerprint density at radius 1 is 1.31 bits per heavy atom. The minimum absolute atomic E-state index is 0.105. The van der Waals surface area contributed by atoms with Crippen LogP contribution in [-0.2, 0) is 4.74 Å². The maximum Gasteiger partial charge on any atom is 0.173 e. The lowest BCUT2D eigenvalue weighted by atomic mass is 10.2. The molecule has 1 aliphatic heterocycles. The van der Waals surface area contributed by atoms with Crippen molar-refractivity contribution in [1.82, 2.24) is 9.88 Å². The van der Waals surface area contributed by atoms with Gasteiger partial charge in [-0.2, -0.15) is 0 Å². The van der Waals surface area contributed by atoms with Crippen LogP contribution in [-0.4, -0.2) is 61.6 Å². The van der Waals surface area contributed by atoms with Gasteiger partial charge < -0.3 is 29.2 Å². The quantitative estimate of drug-likeness (QED) is 0.688. The first-order valence-corrected chi connectivity index (χ1v) is 9.93. The molecule has 9 heteroatoms. The van der Waals surface area contributed by atoms with Gasteiger partial charge in [-0.1, -0.05) is 11.6 Å². The van der Waals surface area contributed by atoms with Crippen molar-refractivity contribution in [3.05, 3.63) is 41.2 Å². The smallest absolute Gasteiger partial charge is 0.173 e. The Morgan fingerprint density at radius 3 is 2.79 bits per heavy atom. The van der Waals surface area contributed by atoms with Crippen molar-refractivity contribution in [3.63, 3.8) is 0 Å². The number of halogens is 1. The standard InChI is InChI=1S/C20H24ClN3O4S/c1-13-4-5-14(10-22-13)28-12-15-11-24(6-7-27-15)20(29)23-17-9-18(25-2)16(21)8-19(17)26-3/h4-5,8-10,15H,6-7,11-12H2,1-3H3,(H,23,29). The molecule has 0 aliphatic carbocycles. The molecular formula is C20H24ClN3O4S. The van der Waals surface area contributed by atoms with Gasteiger partial charge in [-0.25, -0.2) is 0 Å². The number of ether oxygens (including phenoxy) is 4. The molecule has 0 bridgehead atoms. The molecule has 1 N–H and O–H groups in total. The average molecular weight is 438 g/mol. The van der Waals surface area contributed by atoms with E-state index in [1.165, 1.54) is 0 Å². The molecule has 0 saturated carbocycles. The summed E-state index contributed by atoms with van der Waals surface area (Å²) < 4.78 is 22.3. The van der Waals surface area contributed by atoms with Gasteiger partial charge in [0.2, 0.25) is 0 Å². The lowest BCUT2D eigenvalue weighted by molar-refractivity contribution is -0.0280. The lowest BCUT2D eigenvalue weighted by Gasteiger charge is -2.34. The second-order valence-electron chi connectivity index (χ2n) is 6.50. The molecule has 0 radical (unpaired) electrons. The molecule has 1 unspecified atom stereocenters. The number of anilines is 1. The predicted octanol–water partition coefficient (Wildman–Crippen LogP) is 3.54. The highest BCUT2D eigenvalue weighted by Gasteiger charge is 2.24. The van der Waals surface area contributed by atoms with Crippen molar-refractivity contribution in [2.24, 2.45) is 0 Å². The molecule has 1 fully saturated rings. The average Bonchev–Trinajstić information content (AvgIpc) is 2.74. The number of hydrogen-bond acceptors (Lipinski definition) is 6. The van der Waals surface area contributed by atoms with Crippen LogP contribution in [0.4, 0.5) is 5.69 Å². The van der Waals surface area contributed by atoms with Crippen LogP contribution in [0, 0.1) is 6.92 Å². The zero-order chi connectivity index (χ0) is 20.8. The van der Waals surface area contributed by atoms with Crippen LogP contribution in [0.2, 0.25) is 5.02 Å². The fourth-order valence-corrected chi connectivity index (χ4v) is 3.39. The van der Waals surface area contributed by atoms with E-state index in [-0.39, 0.29) is 6.10 Å². The first-order chi connectivity index (χ1) is 14.0. The summed E-state index contributed by atoms with van der Waals surface area (Å²) >= 11 is 11.8. The van der Waals surface area contributed by atoms with Gasteiger partial charge >= 0.3 is 0 Å². The van der Waals surface area contributed by atoms with E-state index in [0.717, 1.165) is 11.4 Å². The van der Waals surface area contributed by atoms with Gasteiger partial charge in [-0.3, -0.25) is 4.98 Å². The van der Waals surface area contributed by atoms with E-state index < -0.39 is 0 Å². The van der Waals surface area contributed by atoms with Gasteiger partial charge in [0.05, 0.1) is 37.7 Å². The Morgan fingerprint density at radius 2 is 2.10 bits per heavy atom. The van der Waals surface area contributed by atoms with Gasteiger partial charge in [0.1, 0.15) is 30.0 Å². The summed E-state index contributed by atoms with van der Waals surface area (Å²) in [5.41, 5.74) is 1.63. The van der Waals surface area contributed by atoms with E-state index >= 15 is 0 Å². The number of pyridine rings is 1. The van der Waals surface area contributed by atoms with Crippen molar-refractivity contribution >= 4 is 34.6 Å². The molecule has 2 aromatic rings. The SMILES string of the molecule is COc1cc(NC(=S)N2CCOC(COc3ccc(C)nc3)C2)c(OC)cc1Cl. The summed E-state index contributed by atoms with van der Waals surface area (Å²) in [6.45, 7) is 4.20.